The minimum Gasteiger partial charge on any atom is -0.366 e. The van der Waals surface area contributed by atoms with E-state index in [2.05, 4.69) is 26.8 Å². The average molecular weight is 328 g/mol. The minimum atomic E-state index is 0.173. The smallest absolute Gasteiger partial charge is 0.264 e. The van der Waals surface area contributed by atoms with Crippen LogP contribution in [-0.4, -0.2) is 39.9 Å². The molecule has 23 heavy (non-hydrogen) atoms. The molecule has 0 radical (unpaired) electrons. The molecule has 2 aliphatic rings. The maximum atomic E-state index is 13.0. The second-order valence-electron chi connectivity index (χ2n) is 6.42. The van der Waals surface area contributed by atoms with E-state index in [1.54, 1.807) is 12.4 Å². The Balaban J connectivity index is 1.71. The molecular formula is C17H20N4OS. The summed E-state index contributed by atoms with van der Waals surface area (Å²) in [4.78, 5) is 25.5. The van der Waals surface area contributed by atoms with Crippen molar-refractivity contribution in [3.8, 4) is 0 Å². The average Bonchev–Trinajstić information content (AvgIpc) is 3.27. The highest BCUT2D eigenvalue weighted by molar-refractivity contribution is 7.20. The summed E-state index contributed by atoms with van der Waals surface area (Å²) in [6.07, 6.45) is 6.97. The molecule has 0 unspecified atom stereocenters. The van der Waals surface area contributed by atoms with Gasteiger partial charge in [-0.25, -0.2) is 9.97 Å². The van der Waals surface area contributed by atoms with E-state index in [4.69, 9.17) is 0 Å². The van der Waals surface area contributed by atoms with E-state index in [0.717, 1.165) is 39.4 Å². The third-order valence-electron chi connectivity index (χ3n) is 5.00. The number of piperidine rings is 1. The van der Waals surface area contributed by atoms with Crippen molar-refractivity contribution in [1.82, 2.24) is 14.9 Å². The molecule has 2 bridgehead atoms. The maximum absolute atomic E-state index is 13.0. The van der Waals surface area contributed by atoms with Gasteiger partial charge < -0.3 is 10.2 Å². The Morgan fingerprint density at radius 2 is 2.39 bits per heavy atom. The Hall–Kier alpha value is -1.95. The normalized spacial score (nSPS) is 22.7. The van der Waals surface area contributed by atoms with Gasteiger partial charge in [0, 0.05) is 19.1 Å². The lowest BCUT2D eigenvalue weighted by atomic mass is 10.1. The number of amides is 1. The SMILES string of the molecule is C=CCNc1ncnc2sc(C(=O)N3C[C@@H]4CC[C@@H]3C4)c(C)c12. The lowest BCUT2D eigenvalue weighted by molar-refractivity contribution is 0.0708. The zero-order chi connectivity index (χ0) is 16.0. The van der Waals surface area contributed by atoms with E-state index in [9.17, 15) is 4.79 Å². The van der Waals surface area contributed by atoms with Gasteiger partial charge in [-0.15, -0.1) is 17.9 Å². The van der Waals surface area contributed by atoms with Gasteiger partial charge in [0.25, 0.3) is 5.91 Å². The first kappa shape index (κ1) is 14.6. The van der Waals surface area contributed by atoms with Crippen LogP contribution in [0.5, 0.6) is 0 Å². The van der Waals surface area contributed by atoms with Crippen LogP contribution in [0.1, 0.15) is 34.5 Å². The summed E-state index contributed by atoms with van der Waals surface area (Å²) in [7, 11) is 0. The van der Waals surface area contributed by atoms with Crippen LogP contribution in [-0.2, 0) is 0 Å². The molecule has 2 aromatic rings. The molecule has 4 rings (SSSR count). The number of nitrogens with zero attached hydrogens (tertiary/aromatic N) is 3. The Morgan fingerprint density at radius 3 is 3.09 bits per heavy atom. The number of aryl methyl sites for hydroxylation is 1. The Bertz CT molecular complexity index is 784. The number of thiophene rings is 1. The van der Waals surface area contributed by atoms with Crippen LogP contribution in [0.15, 0.2) is 19.0 Å². The third-order valence-corrected chi connectivity index (χ3v) is 6.19. The molecule has 2 aromatic heterocycles. The number of rotatable bonds is 4. The third kappa shape index (κ3) is 2.32. The largest absolute Gasteiger partial charge is 0.366 e. The summed E-state index contributed by atoms with van der Waals surface area (Å²) in [5.74, 6) is 1.67. The number of hydrogen-bond acceptors (Lipinski definition) is 5. The van der Waals surface area contributed by atoms with Crippen molar-refractivity contribution in [3.63, 3.8) is 0 Å². The van der Waals surface area contributed by atoms with Crippen LogP contribution in [0.3, 0.4) is 0 Å². The highest BCUT2D eigenvalue weighted by Crippen LogP contribution is 2.40. The number of carbonyl (C=O) groups excluding carboxylic acids is 1. The molecule has 0 aromatic carbocycles. The number of likely N-dealkylation sites (tertiary alicyclic amines) is 1. The van der Waals surface area contributed by atoms with Crippen LogP contribution < -0.4 is 5.32 Å². The van der Waals surface area contributed by atoms with Gasteiger partial charge in [0.1, 0.15) is 17.0 Å². The van der Waals surface area contributed by atoms with Gasteiger partial charge in [0.2, 0.25) is 0 Å². The fourth-order valence-electron chi connectivity index (χ4n) is 3.88. The molecule has 6 heteroatoms. The van der Waals surface area contributed by atoms with E-state index >= 15 is 0 Å². The van der Waals surface area contributed by atoms with E-state index in [-0.39, 0.29) is 5.91 Å². The molecule has 120 valence electrons. The summed E-state index contributed by atoms with van der Waals surface area (Å²) >= 11 is 1.49. The Morgan fingerprint density at radius 1 is 1.52 bits per heavy atom. The van der Waals surface area contributed by atoms with Crippen LogP contribution in [0.25, 0.3) is 10.2 Å². The van der Waals surface area contributed by atoms with Crippen molar-refractivity contribution in [1.29, 1.82) is 0 Å². The standard InChI is InChI=1S/C17H20N4OS/c1-3-6-18-15-13-10(2)14(23-16(13)20-9-19-15)17(22)21-8-11-4-5-12(21)7-11/h3,9,11-12H,1,4-8H2,2H3,(H,18,19,20)/t11-,12-/m1/s1. The summed E-state index contributed by atoms with van der Waals surface area (Å²) < 4.78 is 0. The maximum Gasteiger partial charge on any atom is 0.264 e. The van der Waals surface area contributed by atoms with E-state index in [1.807, 2.05) is 6.92 Å². The van der Waals surface area contributed by atoms with Gasteiger partial charge in [0.15, 0.2) is 0 Å². The second-order valence-corrected chi connectivity index (χ2v) is 7.42. The summed E-state index contributed by atoms with van der Waals surface area (Å²) in [5.41, 5.74) is 0.991. The Kier molecular flexibility index (Phi) is 3.56. The van der Waals surface area contributed by atoms with Gasteiger partial charge in [-0.05, 0) is 37.7 Å². The molecule has 2 atom stereocenters. The van der Waals surface area contributed by atoms with Crippen LogP contribution >= 0.6 is 11.3 Å². The molecule has 5 nitrogen and oxygen atoms in total. The second kappa shape index (κ2) is 5.60. The first-order chi connectivity index (χ1) is 11.2. The Labute approximate surface area is 139 Å². The predicted octanol–water partition coefficient (Wildman–Crippen LogP) is 3.22. The fourth-order valence-corrected chi connectivity index (χ4v) is 4.99. The predicted molar refractivity (Wildman–Crippen MR) is 93.0 cm³/mol. The molecule has 3 heterocycles. The van der Waals surface area contributed by atoms with E-state index in [1.165, 1.54) is 24.2 Å². The van der Waals surface area contributed by atoms with E-state index < -0.39 is 0 Å². The summed E-state index contributed by atoms with van der Waals surface area (Å²) in [6, 6.07) is 0.446. The molecule has 1 saturated carbocycles. The van der Waals surface area contributed by atoms with Crippen molar-refractivity contribution in [2.75, 3.05) is 18.4 Å². The topological polar surface area (TPSA) is 58.1 Å². The molecule has 0 spiro atoms. The lowest BCUT2D eigenvalue weighted by Gasteiger charge is -2.26. The molecule has 1 aliphatic heterocycles. The van der Waals surface area contributed by atoms with Crippen LogP contribution in [0.2, 0.25) is 0 Å². The van der Waals surface area contributed by atoms with Crippen LogP contribution in [0, 0.1) is 12.8 Å². The zero-order valence-corrected chi connectivity index (χ0v) is 14.0. The van der Waals surface area contributed by atoms with Gasteiger partial charge >= 0.3 is 0 Å². The number of carbonyl (C=O) groups is 1. The zero-order valence-electron chi connectivity index (χ0n) is 13.2. The number of anilines is 1. The number of hydrogen-bond donors (Lipinski definition) is 1. The van der Waals surface area contributed by atoms with Crippen LogP contribution in [0.4, 0.5) is 5.82 Å². The van der Waals surface area contributed by atoms with Gasteiger partial charge in [-0.3, -0.25) is 4.79 Å². The van der Waals surface area contributed by atoms with Gasteiger partial charge in [-0.1, -0.05) is 6.08 Å². The number of fused-ring (bicyclic) bond motifs is 3. The van der Waals surface area contributed by atoms with Crippen molar-refractivity contribution in [3.05, 3.63) is 29.4 Å². The van der Waals surface area contributed by atoms with Crippen molar-refractivity contribution < 1.29 is 4.79 Å². The van der Waals surface area contributed by atoms with Crippen molar-refractivity contribution in [2.24, 2.45) is 5.92 Å². The molecule has 2 fully saturated rings. The monoisotopic (exact) mass is 328 g/mol. The lowest BCUT2D eigenvalue weighted by Crippen LogP contribution is -2.37. The molecule has 1 aliphatic carbocycles. The number of nitrogens with one attached hydrogen (secondary N) is 1. The molecular weight excluding hydrogens is 308 g/mol. The van der Waals surface area contributed by atoms with Crippen molar-refractivity contribution >= 4 is 33.3 Å². The molecule has 1 amide bonds. The highest BCUT2D eigenvalue weighted by atomic mass is 32.1. The summed E-state index contributed by atoms with van der Waals surface area (Å²) in [6.45, 7) is 7.29. The quantitative estimate of drug-likeness (QED) is 0.876. The summed E-state index contributed by atoms with van der Waals surface area (Å²) in [5, 5.41) is 4.20. The minimum absolute atomic E-state index is 0.173. The van der Waals surface area contributed by atoms with Gasteiger partial charge in [0.05, 0.1) is 10.3 Å². The van der Waals surface area contributed by atoms with Crippen molar-refractivity contribution in [2.45, 2.75) is 32.2 Å². The highest BCUT2D eigenvalue weighted by Gasteiger charge is 2.41. The van der Waals surface area contributed by atoms with Gasteiger partial charge in [-0.2, -0.15) is 0 Å². The molecule has 1 N–H and O–H groups in total. The first-order valence-corrected chi connectivity index (χ1v) is 8.90. The van der Waals surface area contributed by atoms with E-state index in [0.29, 0.717) is 18.5 Å². The fraction of sp³-hybridized carbons (Fsp3) is 0.471. The first-order valence-electron chi connectivity index (χ1n) is 8.09. The molecule has 1 saturated heterocycles. The number of aromatic nitrogens is 2.